The molecule has 0 bridgehead atoms. The van der Waals surface area contributed by atoms with E-state index in [-0.39, 0.29) is 12.1 Å². The van der Waals surface area contributed by atoms with Crippen molar-refractivity contribution in [2.75, 3.05) is 5.75 Å². The van der Waals surface area contributed by atoms with E-state index in [2.05, 4.69) is 69.8 Å². The Morgan fingerprint density at radius 3 is 2.79 bits per heavy atom. The van der Waals surface area contributed by atoms with Gasteiger partial charge in [-0.1, -0.05) is 30.8 Å². The largest absolute Gasteiger partial charge is 0.337 e. The van der Waals surface area contributed by atoms with Gasteiger partial charge in [0, 0.05) is 36.1 Å². The summed E-state index contributed by atoms with van der Waals surface area (Å²) in [6.45, 7) is 4.33. The van der Waals surface area contributed by atoms with Gasteiger partial charge in [0.25, 0.3) is 0 Å². The average Bonchev–Trinajstić information content (AvgIpc) is 3.44. The maximum Gasteiger partial charge on any atom is 0.160 e. The minimum Gasteiger partial charge on any atom is -0.337 e. The molecular formula is C22H23N5S. The number of pyridine rings is 2. The fraction of sp³-hybridized carbons (Fsp3) is 0.318. The number of rotatable bonds is 4. The highest BCUT2D eigenvalue weighted by molar-refractivity contribution is 8.14. The topological polar surface area (TPSA) is 46.3 Å². The Morgan fingerprint density at radius 1 is 1.11 bits per heavy atom. The second-order valence-electron chi connectivity index (χ2n) is 7.33. The Morgan fingerprint density at radius 2 is 2.04 bits per heavy atom. The molecule has 5 heterocycles. The van der Waals surface area contributed by atoms with Gasteiger partial charge in [-0.3, -0.25) is 9.98 Å². The summed E-state index contributed by atoms with van der Waals surface area (Å²) in [5, 5.41) is 1.15. The standard InChI is InChI=1S/C22H23N5S/c1-3-16-14-28-22-25-20(17-7-4-5-11-23-17)21(27(16)22)18-8-6-12-26(18)19-10-9-15(2)13-24-19/h4-13,16,20-21H,3,14H2,1-2H3. The van der Waals surface area contributed by atoms with Crippen molar-refractivity contribution >= 4 is 16.9 Å². The predicted octanol–water partition coefficient (Wildman–Crippen LogP) is 4.56. The second-order valence-corrected chi connectivity index (χ2v) is 8.32. The molecule has 0 amide bonds. The zero-order chi connectivity index (χ0) is 19.1. The molecule has 28 heavy (non-hydrogen) atoms. The Balaban J connectivity index is 1.62. The number of amidine groups is 1. The van der Waals surface area contributed by atoms with E-state index in [0.29, 0.717) is 6.04 Å². The first-order chi connectivity index (χ1) is 13.8. The minimum absolute atomic E-state index is 0.00264. The van der Waals surface area contributed by atoms with E-state index in [0.717, 1.165) is 34.4 Å². The molecule has 0 radical (unpaired) electrons. The molecular weight excluding hydrogens is 366 g/mol. The monoisotopic (exact) mass is 389 g/mol. The fourth-order valence-corrected chi connectivity index (χ4v) is 5.45. The molecule has 0 aliphatic carbocycles. The molecule has 5 nitrogen and oxygen atoms in total. The predicted molar refractivity (Wildman–Crippen MR) is 114 cm³/mol. The van der Waals surface area contributed by atoms with Crippen LogP contribution in [0.25, 0.3) is 5.82 Å². The van der Waals surface area contributed by atoms with Crippen LogP contribution in [0.15, 0.2) is 66.0 Å². The molecule has 1 saturated heterocycles. The summed E-state index contributed by atoms with van der Waals surface area (Å²) in [6.07, 6.45) is 7.00. The first-order valence-electron chi connectivity index (χ1n) is 9.76. The van der Waals surface area contributed by atoms with Gasteiger partial charge in [0.1, 0.15) is 17.9 Å². The molecule has 3 unspecified atom stereocenters. The number of aryl methyl sites for hydroxylation is 1. The Bertz CT molecular complexity index is 995. The van der Waals surface area contributed by atoms with Gasteiger partial charge in [-0.15, -0.1) is 0 Å². The number of nitrogens with zero attached hydrogens (tertiary/aromatic N) is 5. The summed E-state index contributed by atoms with van der Waals surface area (Å²) in [5.74, 6) is 2.04. The van der Waals surface area contributed by atoms with Crippen LogP contribution < -0.4 is 0 Å². The molecule has 0 N–H and O–H groups in total. The number of aromatic nitrogens is 3. The third-order valence-corrected chi connectivity index (χ3v) is 6.68. The minimum atomic E-state index is -0.00264. The van der Waals surface area contributed by atoms with Crippen molar-refractivity contribution in [3.05, 3.63) is 78.0 Å². The molecule has 1 fully saturated rings. The van der Waals surface area contributed by atoms with E-state index >= 15 is 0 Å². The van der Waals surface area contributed by atoms with Gasteiger partial charge < -0.3 is 9.47 Å². The lowest BCUT2D eigenvalue weighted by atomic mass is 9.99. The molecule has 5 rings (SSSR count). The fourth-order valence-electron chi connectivity index (χ4n) is 4.12. The molecule has 3 atom stereocenters. The SMILES string of the molecule is CCC1CSC2=NC(c3ccccn3)C(c3cccn3-c3ccc(C)cn3)N21. The van der Waals surface area contributed by atoms with Crippen molar-refractivity contribution in [2.45, 2.75) is 38.4 Å². The molecule has 142 valence electrons. The van der Waals surface area contributed by atoms with Crippen molar-refractivity contribution < 1.29 is 0 Å². The van der Waals surface area contributed by atoms with Crippen LogP contribution in [0.4, 0.5) is 0 Å². The van der Waals surface area contributed by atoms with Gasteiger partial charge >= 0.3 is 0 Å². The summed E-state index contributed by atoms with van der Waals surface area (Å²) in [4.78, 5) is 16.9. The van der Waals surface area contributed by atoms with Crippen molar-refractivity contribution in [1.82, 2.24) is 19.4 Å². The van der Waals surface area contributed by atoms with E-state index in [1.165, 1.54) is 5.69 Å². The van der Waals surface area contributed by atoms with Crippen LogP contribution in [-0.2, 0) is 0 Å². The lowest BCUT2D eigenvalue weighted by molar-refractivity contribution is 0.248. The molecule has 2 aliphatic heterocycles. The van der Waals surface area contributed by atoms with E-state index < -0.39 is 0 Å². The summed E-state index contributed by atoms with van der Waals surface area (Å²) in [6, 6.07) is 15.2. The normalized spacial score (nSPS) is 23.7. The van der Waals surface area contributed by atoms with Crippen molar-refractivity contribution in [3.63, 3.8) is 0 Å². The summed E-state index contributed by atoms with van der Waals surface area (Å²) in [5.41, 5.74) is 3.40. The lowest BCUT2D eigenvalue weighted by Gasteiger charge is -2.32. The molecule has 0 aromatic carbocycles. The van der Waals surface area contributed by atoms with Crippen molar-refractivity contribution in [3.8, 4) is 5.82 Å². The smallest absolute Gasteiger partial charge is 0.160 e. The first kappa shape index (κ1) is 17.5. The second kappa shape index (κ2) is 7.09. The van der Waals surface area contributed by atoms with Gasteiger partial charge in [0.05, 0.1) is 5.69 Å². The van der Waals surface area contributed by atoms with E-state index in [1.54, 1.807) is 0 Å². The summed E-state index contributed by atoms with van der Waals surface area (Å²) in [7, 11) is 0. The maximum absolute atomic E-state index is 5.11. The molecule has 3 aromatic rings. The van der Waals surface area contributed by atoms with Gasteiger partial charge in [0.2, 0.25) is 0 Å². The summed E-state index contributed by atoms with van der Waals surface area (Å²) >= 11 is 1.87. The Labute approximate surface area is 169 Å². The number of hydrogen-bond acceptors (Lipinski definition) is 5. The third kappa shape index (κ3) is 2.83. The Kier molecular flexibility index (Phi) is 4.43. The average molecular weight is 390 g/mol. The van der Waals surface area contributed by atoms with Crippen LogP contribution in [-0.4, -0.2) is 36.4 Å². The molecule has 2 aliphatic rings. The highest BCUT2D eigenvalue weighted by Gasteiger charge is 2.46. The lowest BCUT2D eigenvalue weighted by Crippen LogP contribution is -2.36. The van der Waals surface area contributed by atoms with Crippen LogP contribution in [0.1, 0.15) is 42.4 Å². The third-order valence-electron chi connectivity index (χ3n) is 5.56. The van der Waals surface area contributed by atoms with Crippen LogP contribution >= 0.6 is 11.8 Å². The highest BCUT2D eigenvalue weighted by atomic mass is 32.2. The van der Waals surface area contributed by atoms with Crippen LogP contribution in [0.3, 0.4) is 0 Å². The van der Waals surface area contributed by atoms with E-state index in [9.17, 15) is 0 Å². The number of fused-ring (bicyclic) bond motifs is 1. The zero-order valence-corrected chi connectivity index (χ0v) is 16.9. The van der Waals surface area contributed by atoms with Crippen molar-refractivity contribution in [1.29, 1.82) is 0 Å². The van der Waals surface area contributed by atoms with E-state index in [1.807, 2.05) is 36.3 Å². The van der Waals surface area contributed by atoms with Crippen molar-refractivity contribution in [2.24, 2.45) is 4.99 Å². The zero-order valence-electron chi connectivity index (χ0n) is 16.1. The number of thioether (sulfide) groups is 1. The Hall–Kier alpha value is -2.60. The first-order valence-corrected chi connectivity index (χ1v) is 10.7. The summed E-state index contributed by atoms with van der Waals surface area (Å²) < 4.78 is 2.20. The van der Waals surface area contributed by atoms with Crippen LogP contribution in [0.2, 0.25) is 0 Å². The van der Waals surface area contributed by atoms with Gasteiger partial charge in [-0.05, 0) is 49.2 Å². The van der Waals surface area contributed by atoms with Crippen LogP contribution in [0.5, 0.6) is 0 Å². The molecule has 6 heteroatoms. The van der Waals surface area contributed by atoms with E-state index in [4.69, 9.17) is 4.99 Å². The maximum atomic E-state index is 5.11. The number of hydrogen-bond donors (Lipinski definition) is 0. The highest BCUT2D eigenvalue weighted by Crippen LogP contribution is 2.48. The van der Waals surface area contributed by atoms with Gasteiger partial charge in [0.15, 0.2) is 5.17 Å². The quantitative estimate of drug-likeness (QED) is 0.656. The molecule has 0 spiro atoms. The van der Waals surface area contributed by atoms with Gasteiger partial charge in [-0.2, -0.15) is 0 Å². The number of aliphatic imine (C=N–C) groups is 1. The molecule has 3 aromatic heterocycles. The van der Waals surface area contributed by atoms with Gasteiger partial charge in [-0.25, -0.2) is 4.98 Å². The molecule has 0 saturated carbocycles. The van der Waals surface area contributed by atoms with Crippen LogP contribution in [0, 0.1) is 6.92 Å².